The fraction of sp³-hybridized carbons (Fsp3) is 0.921. The van der Waals surface area contributed by atoms with E-state index in [1.807, 2.05) is 0 Å². The fourth-order valence-electron chi connectivity index (χ4n) is 12.0. The topological polar surface area (TPSA) is 95.9 Å². The maximum absolute atomic E-state index is 12.5. The van der Waals surface area contributed by atoms with Gasteiger partial charge in [0.15, 0.2) is 0 Å². The fourth-order valence-corrected chi connectivity index (χ4v) is 12.0. The van der Waals surface area contributed by atoms with Crippen molar-refractivity contribution in [3.63, 3.8) is 0 Å². The van der Waals surface area contributed by atoms with Gasteiger partial charge in [-0.2, -0.15) is 0 Å². The first-order valence-electron chi connectivity index (χ1n) is 37.6. The van der Waals surface area contributed by atoms with Crippen molar-refractivity contribution in [3.8, 4) is 0 Å². The van der Waals surface area contributed by atoms with E-state index in [1.54, 1.807) is 0 Å². The molecule has 0 aromatic rings. The first kappa shape index (κ1) is 80.3. The Bertz CT molecular complexity index is 1280. The Morgan fingerprint density at radius 1 is 0.329 bits per heavy atom. The molecule has 1 amide bonds. The smallest absolute Gasteiger partial charge is 0.305 e. The van der Waals surface area contributed by atoms with Gasteiger partial charge in [-0.25, -0.2) is 0 Å². The van der Waals surface area contributed by atoms with E-state index in [9.17, 15) is 19.8 Å². The van der Waals surface area contributed by atoms with Crippen LogP contribution in [0.5, 0.6) is 0 Å². The van der Waals surface area contributed by atoms with E-state index < -0.39 is 12.1 Å². The lowest BCUT2D eigenvalue weighted by atomic mass is 10.0. The summed E-state index contributed by atoms with van der Waals surface area (Å²) in [7, 11) is 0. The molecule has 0 aromatic carbocycles. The molecule has 82 heavy (non-hydrogen) atoms. The maximum Gasteiger partial charge on any atom is 0.305 e. The summed E-state index contributed by atoms with van der Waals surface area (Å²) in [6.07, 6.45) is 91.1. The first-order chi connectivity index (χ1) is 40.5. The zero-order chi connectivity index (χ0) is 59.2. The quantitative estimate of drug-likeness (QED) is 0.0320. The molecular weight excluding hydrogens is 1010 g/mol. The number of carbonyl (C=O) groups is 2. The highest BCUT2D eigenvalue weighted by molar-refractivity contribution is 5.76. The molecule has 0 spiro atoms. The molecule has 0 radical (unpaired) electrons. The van der Waals surface area contributed by atoms with Gasteiger partial charge in [-0.05, 0) is 77.0 Å². The molecule has 0 rings (SSSR count). The van der Waals surface area contributed by atoms with Crippen molar-refractivity contribution < 1.29 is 24.5 Å². The number of carbonyl (C=O) groups excluding carboxylic acids is 2. The number of aliphatic hydroxyl groups excluding tert-OH is 2. The molecule has 0 aliphatic rings. The van der Waals surface area contributed by atoms with Crippen LogP contribution in [-0.4, -0.2) is 47.4 Å². The van der Waals surface area contributed by atoms with Gasteiger partial charge in [0.05, 0.1) is 25.4 Å². The number of allylic oxidation sites excluding steroid dienone is 4. The molecule has 0 aliphatic carbocycles. The van der Waals surface area contributed by atoms with Crippen LogP contribution in [0.1, 0.15) is 425 Å². The van der Waals surface area contributed by atoms with Crippen molar-refractivity contribution in [1.82, 2.24) is 5.32 Å². The standard InChI is InChI=1S/C76H147NO5/c1-3-5-7-9-11-13-15-17-19-20-39-42-46-50-54-58-62-66-70-76(81)82-71-67-63-59-55-51-47-43-40-37-35-33-31-29-27-25-23-21-22-24-26-28-30-32-34-36-38-41-45-49-53-57-61-65-69-75(80)77-73(72-78)74(79)68-64-60-56-52-48-44-18-16-14-12-10-8-6-4-2/h19-20,25,27,73-74,78-79H,3-18,21-24,26,28-72H2,1-2H3,(H,77,80)/b20-19-,27-25-. The van der Waals surface area contributed by atoms with Crippen LogP contribution in [0.25, 0.3) is 0 Å². The van der Waals surface area contributed by atoms with Crippen LogP contribution in [0, 0.1) is 0 Å². The summed E-state index contributed by atoms with van der Waals surface area (Å²) in [5, 5.41) is 23.3. The Kier molecular flexibility index (Phi) is 70.4. The minimum atomic E-state index is -0.661. The third kappa shape index (κ3) is 67.5. The Morgan fingerprint density at radius 3 is 0.866 bits per heavy atom. The SMILES string of the molecule is CCCCCCCCC/C=C\CCCCCCCCCC(=O)OCCCCCCCCCCCCCC/C=C\CCCCCCCCCCCCCCCCCCCC(=O)NC(CO)C(O)CCCCCCCCCCCCCCCC. The molecule has 6 heteroatoms. The summed E-state index contributed by atoms with van der Waals surface area (Å²) in [5.41, 5.74) is 0. The number of ether oxygens (including phenoxy) is 1. The van der Waals surface area contributed by atoms with Crippen molar-refractivity contribution in [2.75, 3.05) is 13.2 Å². The predicted molar refractivity (Wildman–Crippen MR) is 361 cm³/mol. The third-order valence-electron chi connectivity index (χ3n) is 17.7. The van der Waals surface area contributed by atoms with Crippen LogP contribution in [0.3, 0.4) is 0 Å². The molecule has 0 saturated carbocycles. The van der Waals surface area contributed by atoms with E-state index in [1.165, 1.54) is 347 Å². The predicted octanol–water partition coefficient (Wildman–Crippen LogP) is 24.5. The van der Waals surface area contributed by atoms with E-state index in [0.29, 0.717) is 25.9 Å². The second kappa shape index (κ2) is 71.8. The molecule has 6 nitrogen and oxygen atoms in total. The number of amides is 1. The highest BCUT2D eigenvalue weighted by atomic mass is 16.5. The van der Waals surface area contributed by atoms with E-state index in [0.717, 1.165) is 44.9 Å². The molecule has 0 fully saturated rings. The molecule has 0 saturated heterocycles. The van der Waals surface area contributed by atoms with Crippen molar-refractivity contribution in [2.45, 2.75) is 437 Å². The van der Waals surface area contributed by atoms with Crippen LogP contribution >= 0.6 is 0 Å². The summed E-state index contributed by atoms with van der Waals surface area (Å²) in [6, 6.07) is -0.538. The Labute approximate surface area is 513 Å². The monoisotopic (exact) mass is 1150 g/mol. The lowest BCUT2D eigenvalue weighted by molar-refractivity contribution is -0.143. The minimum Gasteiger partial charge on any atom is -0.466 e. The normalized spacial score (nSPS) is 12.6. The molecule has 2 atom stereocenters. The molecule has 3 N–H and O–H groups in total. The van der Waals surface area contributed by atoms with Crippen LogP contribution < -0.4 is 5.32 Å². The van der Waals surface area contributed by atoms with Gasteiger partial charge in [-0.15, -0.1) is 0 Å². The molecular formula is C76H147NO5. The summed E-state index contributed by atoms with van der Waals surface area (Å²) < 4.78 is 5.51. The molecule has 2 unspecified atom stereocenters. The Morgan fingerprint density at radius 2 is 0.573 bits per heavy atom. The van der Waals surface area contributed by atoms with E-state index in [4.69, 9.17) is 4.74 Å². The summed E-state index contributed by atoms with van der Waals surface area (Å²) >= 11 is 0. The number of rotatable bonds is 71. The molecule has 486 valence electrons. The van der Waals surface area contributed by atoms with Gasteiger partial charge < -0.3 is 20.3 Å². The number of hydrogen-bond acceptors (Lipinski definition) is 5. The lowest BCUT2D eigenvalue weighted by Gasteiger charge is -2.22. The van der Waals surface area contributed by atoms with E-state index in [-0.39, 0.29) is 18.5 Å². The van der Waals surface area contributed by atoms with Crippen LogP contribution in [0.2, 0.25) is 0 Å². The Hall–Kier alpha value is -1.66. The van der Waals surface area contributed by atoms with Crippen molar-refractivity contribution >= 4 is 11.9 Å². The number of hydrogen-bond donors (Lipinski definition) is 3. The molecule has 0 aromatic heterocycles. The van der Waals surface area contributed by atoms with E-state index in [2.05, 4.69) is 43.5 Å². The summed E-state index contributed by atoms with van der Waals surface area (Å²) in [5.74, 6) is -0.0124. The van der Waals surface area contributed by atoms with Gasteiger partial charge >= 0.3 is 5.97 Å². The first-order valence-corrected chi connectivity index (χ1v) is 37.6. The average molecular weight is 1160 g/mol. The van der Waals surface area contributed by atoms with Crippen molar-refractivity contribution in [1.29, 1.82) is 0 Å². The highest BCUT2D eigenvalue weighted by Crippen LogP contribution is 2.19. The third-order valence-corrected chi connectivity index (χ3v) is 17.7. The van der Waals surface area contributed by atoms with Gasteiger partial charge in [0.25, 0.3) is 0 Å². The van der Waals surface area contributed by atoms with Gasteiger partial charge in [-0.1, -0.05) is 359 Å². The largest absolute Gasteiger partial charge is 0.466 e. The zero-order valence-electron chi connectivity index (χ0n) is 55.8. The second-order valence-electron chi connectivity index (χ2n) is 26.0. The van der Waals surface area contributed by atoms with Gasteiger partial charge in [-0.3, -0.25) is 9.59 Å². The number of nitrogens with one attached hydrogen (secondary N) is 1. The molecule has 0 aliphatic heterocycles. The summed E-state index contributed by atoms with van der Waals surface area (Å²) in [4.78, 5) is 24.6. The molecule has 0 heterocycles. The van der Waals surface area contributed by atoms with Crippen molar-refractivity contribution in [3.05, 3.63) is 24.3 Å². The number of unbranched alkanes of at least 4 members (excludes halogenated alkanes) is 56. The van der Waals surface area contributed by atoms with E-state index >= 15 is 0 Å². The lowest BCUT2D eigenvalue weighted by Crippen LogP contribution is -2.45. The molecule has 0 bridgehead atoms. The number of aliphatic hydroxyl groups is 2. The average Bonchev–Trinajstić information content (AvgIpc) is 3.48. The number of esters is 1. The van der Waals surface area contributed by atoms with Crippen molar-refractivity contribution in [2.24, 2.45) is 0 Å². The van der Waals surface area contributed by atoms with Crippen LogP contribution in [0.4, 0.5) is 0 Å². The maximum atomic E-state index is 12.5. The van der Waals surface area contributed by atoms with Crippen LogP contribution in [-0.2, 0) is 14.3 Å². The highest BCUT2D eigenvalue weighted by Gasteiger charge is 2.20. The summed E-state index contributed by atoms with van der Waals surface area (Å²) in [6.45, 7) is 4.99. The second-order valence-corrected chi connectivity index (χ2v) is 26.0. The Balaban J connectivity index is 3.33. The minimum absolute atomic E-state index is 0.0166. The van der Waals surface area contributed by atoms with Gasteiger partial charge in [0, 0.05) is 12.8 Å². The van der Waals surface area contributed by atoms with Crippen LogP contribution in [0.15, 0.2) is 24.3 Å². The van der Waals surface area contributed by atoms with Gasteiger partial charge in [0.1, 0.15) is 0 Å². The zero-order valence-corrected chi connectivity index (χ0v) is 55.8. The van der Waals surface area contributed by atoms with Gasteiger partial charge in [0.2, 0.25) is 5.91 Å².